The molecule has 5 heteroatoms. The van der Waals surface area contributed by atoms with E-state index in [4.69, 9.17) is 0 Å². The second-order valence-corrected chi connectivity index (χ2v) is 7.78. The molecule has 1 aliphatic carbocycles. The van der Waals surface area contributed by atoms with Crippen LogP contribution < -0.4 is 10.6 Å². The van der Waals surface area contributed by atoms with Crippen molar-refractivity contribution in [2.75, 3.05) is 26.7 Å². The van der Waals surface area contributed by atoms with Crippen molar-refractivity contribution in [3.05, 3.63) is 35.4 Å². The van der Waals surface area contributed by atoms with E-state index in [2.05, 4.69) is 51.7 Å². The Morgan fingerprint density at radius 2 is 1.73 bits per heavy atom. The summed E-state index contributed by atoms with van der Waals surface area (Å²) in [5, 5.41) is 7.14. The normalized spacial score (nSPS) is 20.0. The molecule has 0 radical (unpaired) electrons. The minimum absolute atomic E-state index is 0. The summed E-state index contributed by atoms with van der Waals surface area (Å²) in [4.78, 5) is 6.99. The Bertz CT molecular complexity index is 544. The van der Waals surface area contributed by atoms with Crippen molar-refractivity contribution in [1.29, 1.82) is 0 Å². The van der Waals surface area contributed by atoms with Gasteiger partial charge in [0, 0.05) is 26.2 Å². The number of piperidine rings is 1. The molecule has 0 atom stereocenters. The van der Waals surface area contributed by atoms with Crippen molar-refractivity contribution in [3.63, 3.8) is 0 Å². The van der Waals surface area contributed by atoms with Crippen molar-refractivity contribution in [2.24, 2.45) is 10.9 Å². The third-order valence-corrected chi connectivity index (χ3v) is 5.71. The fourth-order valence-electron chi connectivity index (χ4n) is 4.00. The number of halogens is 1. The average Bonchev–Trinajstić information content (AvgIpc) is 3.15. The van der Waals surface area contributed by atoms with Crippen molar-refractivity contribution in [2.45, 2.75) is 58.0 Å². The lowest BCUT2D eigenvalue weighted by Crippen LogP contribution is -2.45. The molecule has 0 bridgehead atoms. The molecule has 2 N–H and O–H groups in total. The van der Waals surface area contributed by atoms with Gasteiger partial charge in [0.1, 0.15) is 0 Å². The minimum atomic E-state index is 0. The maximum absolute atomic E-state index is 4.40. The van der Waals surface area contributed by atoms with Gasteiger partial charge < -0.3 is 10.6 Å². The summed E-state index contributed by atoms with van der Waals surface area (Å²) in [6.45, 7) is 6.69. The average molecular weight is 470 g/mol. The lowest BCUT2D eigenvalue weighted by Gasteiger charge is -2.32. The highest BCUT2D eigenvalue weighted by atomic mass is 127. The lowest BCUT2D eigenvalue weighted by molar-refractivity contribution is 0.178. The van der Waals surface area contributed by atoms with Gasteiger partial charge in [-0.3, -0.25) is 9.89 Å². The molecule has 4 nitrogen and oxygen atoms in total. The number of rotatable bonds is 5. The number of benzene rings is 1. The van der Waals surface area contributed by atoms with Gasteiger partial charge >= 0.3 is 0 Å². The van der Waals surface area contributed by atoms with Crippen LogP contribution in [0.3, 0.4) is 0 Å². The summed E-state index contributed by atoms with van der Waals surface area (Å²) in [6, 6.07) is 9.59. The SMILES string of the molecule is CN=C(NCC1CCN(Cc2ccc(C)cc2)CC1)NC1CCCC1.I. The van der Waals surface area contributed by atoms with E-state index in [1.807, 2.05) is 7.05 Å². The van der Waals surface area contributed by atoms with Crippen LogP contribution in [-0.2, 0) is 6.54 Å². The Kier molecular flexibility index (Phi) is 9.19. The maximum atomic E-state index is 4.40. The second kappa shape index (κ2) is 11.1. The molecule has 2 fully saturated rings. The van der Waals surface area contributed by atoms with Crippen LogP contribution in [0.5, 0.6) is 0 Å². The number of nitrogens with one attached hydrogen (secondary N) is 2. The molecule has 0 aromatic heterocycles. The highest BCUT2D eigenvalue weighted by molar-refractivity contribution is 14.0. The van der Waals surface area contributed by atoms with E-state index in [9.17, 15) is 0 Å². The van der Waals surface area contributed by atoms with Gasteiger partial charge in [-0.15, -0.1) is 24.0 Å². The molecule has 0 amide bonds. The number of hydrogen-bond acceptors (Lipinski definition) is 2. The van der Waals surface area contributed by atoms with E-state index in [0.717, 1.165) is 25.0 Å². The first-order valence-corrected chi connectivity index (χ1v) is 9.98. The Balaban J connectivity index is 0.00000243. The van der Waals surface area contributed by atoms with Crippen molar-refractivity contribution in [3.8, 4) is 0 Å². The first-order chi connectivity index (χ1) is 12.2. The first-order valence-electron chi connectivity index (χ1n) is 9.98. The van der Waals surface area contributed by atoms with E-state index in [1.54, 1.807) is 0 Å². The quantitative estimate of drug-likeness (QED) is 0.389. The van der Waals surface area contributed by atoms with Crippen LogP contribution in [0.25, 0.3) is 0 Å². The Hall–Kier alpha value is -0.820. The zero-order valence-corrected chi connectivity index (χ0v) is 18.7. The summed E-state index contributed by atoms with van der Waals surface area (Å²) < 4.78 is 0. The molecular formula is C21H35IN4. The van der Waals surface area contributed by atoms with Crippen molar-refractivity contribution >= 4 is 29.9 Å². The van der Waals surface area contributed by atoms with Gasteiger partial charge in [0.25, 0.3) is 0 Å². The summed E-state index contributed by atoms with van der Waals surface area (Å²) in [6.07, 6.45) is 7.84. The molecule has 1 aromatic rings. The smallest absolute Gasteiger partial charge is 0.191 e. The molecule has 1 aliphatic heterocycles. The molecular weight excluding hydrogens is 435 g/mol. The highest BCUT2D eigenvalue weighted by Gasteiger charge is 2.20. The van der Waals surface area contributed by atoms with Crippen LogP contribution in [0, 0.1) is 12.8 Å². The molecule has 1 saturated carbocycles. The number of hydrogen-bond donors (Lipinski definition) is 2. The summed E-state index contributed by atoms with van der Waals surface area (Å²) >= 11 is 0. The third kappa shape index (κ3) is 6.72. The summed E-state index contributed by atoms with van der Waals surface area (Å²) in [5.74, 6) is 1.75. The second-order valence-electron chi connectivity index (χ2n) is 7.78. The first kappa shape index (κ1) is 21.5. The molecule has 146 valence electrons. The van der Waals surface area contributed by atoms with Gasteiger partial charge in [-0.25, -0.2) is 0 Å². The number of aryl methyl sites for hydroxylation is 1. The van der Waals surface area contributed by atoms with E-state index >= 15 is 0 Å². The standard InChI is InChI=1S/C21H34N4.HI/c1-17-7-9-19(10-8-17)16-25-13-11-18(12-14-25)15-23-21(22-2)24-20-5-3-4-6-20;/h7-10,18,20H,3-6,11-16H2,1-2H3,(H2,22,23,24);1H. The highest BCUT2D eigenvalue weighted by Crippen LogP contribution is 2.19. The third-order valence-electron chi connectivity index (χ3n) is 5.71. The topological polar surface area (TPSA) is 39.7 Å². The van der Waals surface area contributed by atoms with E-state index in [-0.39, 0.29) is 24.0 Å². The predicted molar refractivity (Wildman–Crippen MR) is 121 cm³/mol. The minimum Gasteiger partial charge on any atom is -0.356 e. The molecule has 2 aliphatic rings. The predicted octanol–water partition coefficient (Wildman–Crippen LogP) is 3.93. The zero-order chi connectivity index (χ0) is 17.5. The van der Waals surface area contributed by atoms with Crippen LogP contribution in [0.2, 0.25) is 0 Å². The van der Waals surface area contributed by atoms with Gasteiger partial charge in [-0.1, -0.05) is 42.7 Å². The van der Waals surface area contributed by atoms with Crippen molar-refractivity contribution in [1.82, 2.24) is 15.5 Å². The van der Waals surface area contributed by atoms with Crippen LogP contribution in [0.1, 0.15) is 49.7 Å². The van der Waals surface area contributed by atoms with Gasteiger partial charge in [0.2, 0.25) is 0 Å². The summed E-state index contributed by atoms with van der Waals surface area (Å²) in [5.41, 5.74) is 2.77. The lowest BCUT2D eigenvalue weighted by atomic mass is 9.96. The number of aliphatic imine (C=N–C) groups is 1. The van der Waals surface area contributed by atoms with E-state index < -0.39 is 0 Å². The fraction of sp³-hybridized carbons (Fsp3) is 0.667. The molecule has 3 rings (SSSR count). The molecule has 0 unspecified atom stereocenters. The van der Waals surface area contributed by atoms with Gasteiger partial charge in [0.05, 0.1) is 0 Å². The van der Waals surface area contributed by atoms with Crippen molar-refractivity contribution < 1.29 is 0 Å². The van der Waals surface area contributed by atoms with Crippen LogP contribution in [0.15, 0.2) is 29.3 Å². The number of guanidine groups is 1. The number of nitrogens with zero attached hydrogens (tertiary/aromatic N) is 2. The van der Waals surface area contributed by atoms with Gasteiger partial charge in [0.15, 0.2) is 5.96 Å². The Morgan fingerprint density at radius 1 is 1.08 bits per heavy atom. The number of likely N-dealkylation sites (tertiary alicyclic amines) is 1. The van der Waals surface area contributed by atoms with E-state index in [0.29, 0.717) is 6.04 Å². The Morgan fingerprint density at radius 3 is 2.35 bits per heavy atom. The summed E-state index contributed by atoms with van der Waals surface area (Å²) in [7, 11) is 1.88. The zero-order valence-electron chi connectivity index (χ0n) is 16.3. The van der Waals surface area contributed by atoms with Crippen LogP contribution in [0.4, 0.5) is 0 Å². The molecule has 26 heavy (non-hydrogen) atoms. The molecule has 1 aromatic carbocycles. The van der Waals surface area contributed by atoms with Gasteiger partial charge in [-0.05, 0) is 57.2 Å². The Labute approximate surface area is 176 Å². The maximum Gasteiger partial charge on any atom is 0.191 e. The monoisotopic (exact) mass is 470 g/mol. The fourth-order valence-corrected chi connectivity index (χ4v) is 4.00. The van der Waals surface area contributed by atoms with Crippen LogP contribution >= 0.6 is 24.0 Å². The molecule has 1 heterocycles. The largest absolute Gasteiger partial charge is 0.356 e. The molecule has 1 saturated heterocycles. The molecule has 0 spiro atoms. The van der Waals surface area contributed by atoms with Crippen LogP contribution in [-0.4, -0.2) is 43.6 Å². The van der Waals surface area contributed by atoms with E-state index in [1.165, 1.54) is 62.7 Å². The van der Waals surface area contributed by atoms with Gasteiger partial charge in [-0.2, -0.15) is 0 Å².